The third-order valence-electron chi connectivity index (χ3n) is 2.09. The van der Waals surface area contributed by atoms with Crippen LogP contribution in [-0.4, -0.2) is 50.7 Å². The molecule has 0 saturated carbocycles. The molecule has 1 aliphatic heterocycles. The second-order valence-electron chi connectivity index (χ2n) is 3.00. The first-order valence-electron chi connectivity index (χ1n) is 4.23. The van der Waals surface area contributed by atoms with E-state index in [1.165, 1.54) is 0 Å². The molecule has 0 aromatic rings. The molecule has 0 aliphatic carbocycles. The Bertz CT molecular complexity index is 238. The highest BCUT2D eigenvalue weighted by atomic mass is 19.1. The number of rotatable bonds is 4. The Morgan fingerprint density at radius 1 is 1.71 bits per heavy atom. The Labute approximate surface area is 81.0 Å². The largest absolute Gasteiger partial charge is 0.394 e. The standard InChI is InChI=1S/C6H11BFN3O3/c7-6-4(8)5(3(1-12)14-6)13-2-10-11-9/h3-6,12H,1-2,7H2/t3-,4?,5?,6-/m1/s1. The highest BCUT2D eigenvalue weighted by Crippen LogP contribution is 2.24. The van der Waals surface area contributed by atoms with Crippen molar-refractivity contribution >= 4 is 7.85 Å². The van der Waals surface area contributed by atoms with Crippen LogP contribution >= 0.6 is 0 Å². The number of alkyl halides is 1. The van der Waals surface area contributed by atoms with Gasteiger partial charge < -0.3 is 14.6 Å². The van der Waals surface area contributed by atoms with E-state index in [-0.39, 0.29) is 13.3 Å². The Morgan fingerprint density at radius 3 is 3.00 bits per heavy atom. The molecule has 4 atom stereocenters. The number of hydrogen-bond acceptors (Lipinski definition) is 4. The van der Waals surface area contributed by atoms with Crippen LogP contribution in [0, 0.1) is 0 Å². The summed E-state index contributed by atoms with van der Waals surface area (Å²) in [6.45, 7) is -0.570. The SMILES string of the molecule is B[C@@H]1O[C@H](CO)C(OCN=[N+]=[N-])C1F. The zero-order valence-electron chi connectivity index (χ0n) is 7.71. The van der Waals surface area contributed by atoms with E-state index in [1.54, 1.807) is 7.85 Å². The van der Waals surface area contributed by atoms with Gasteiger partial charge in [-0.25, -0.2) is 4.39 Å². The van der Waals surface area contributed by atoms with Crippen molar-refractivity contribution in [2.75, 3.05) is 13.3 Å². The maximum absolute atomic E-state index is 13.4. The van der Waals surface area contributed by atoms with Gasteiger partial charge in [0.1, 0.15) is 33.0 Å². The van der Waals surface area contributed by atoms with E-state index in [0.29, 0.717) is 0 Å². The van der Waals surface area contributed by atoms with Crippen molar-refractivity contribution in [2.24, 2.45) is 5.11 Å². The summed E-state index contributed by atoms with van der Waals surface area (Å²) >= 11 is 0. The van der Waals surface area contributed by atoms with Crippen molar-refractivity contribution in [3.63, 3.8) is 0 Å². The smallest absolute Gasteiger partial charge is 0.147 e. The molecule has 1 N–H and O–H groups in total. The zero-order chi connectivity index (χ0) is 10.6. The molecule has 0 bridgehead atoms. The van der Waals surface area contributed by atoms with E-state index in [4.69, 9.17) is 20.1 Å². The molecular formula is C6H11BFN3O3. The van der Waals surface area contributed by atoms with Crippen molar-refractivity contribution in [3.05, 3.63) is 10.4 Å². The Morgan fingerprint density at radius 2 is 2.43 bits per heavy atom. The maximum atomic E-state index is 13.4. The Balaban J connectivity index is 2.50. The predicted octanol–water partition coefficient (Wildman–Crippen LogP) is -0.672. The van der Waals surface area contributed by atoms with Crippen LogP contribution < -0.4 is 0 Å². The number of halogens is 1. The van der Waals surface area contributed by atoms with Crippen molar-refractivity contribution in [2.45, 2.75) is 24.4 Å². The second kappa shape index (κ2) is 5.16. The lowest BCUT2D eigenvalue weighted by Gasteiger charge is -2.16. The first-order chi connectivity index (χ1) is 6.70. The van der Waals surface area contributed by atoms with Crippen LogP contribution in [-0.2, 0) is 9.47 Å². The third-order valence-corrected chi connectivity index (χ3v) is 2.09. The molecule has 6 nitrogen and oxygen atoms in total. The molecule has 1 fully saturated rings. The minimum absolute atomic E-state index is 0.256. The number of hydrogen-bond donors (Lipinski definition) is 1. The fourth-order valence-corrected chi connectivity index (χ4v) is 1.39. The minimum atomic E-state index is -1.30. The summed E-state index contributed by atoms with van der Waals surface area (Å²) in [6.07, 6.45) is -2.85. The molecule has 8 heteroatoms. The van der Waals surface area contributed by atoms with E-state index >= 15 is 0 Å². The summed E-state index contributed by atoms with van der Waals surface area (Å²) in [6, 6.07) is -0.608. The zero-order valence-corrected chi connectivity index (χ0v) is 7.71. The highest BCUT2D eigenvalue weighted by molar-refractivity contribution is 6.11. The summed E-state index contributed by atoms with van der Waals surface area (Å²) in [7, 11) is 1.56. The van der Waals surface area contributed by atoms with Gasteiger partial charge in [0.15, 0.2) is 0 Å². The molecule has 0 aromatic heterocycles. The predicted molar refractivity (Wildman–Crippen MR) is 48.1 cm³/mol. The third kappa shape index (κ3) is 2.36. The molecular weight excluding hydrogens is 192 g/mol. The lowest BCUT2D eigenvalue weighted by molar-refractivity contribution is -0.0423. The average molecular weight is 203 g/mol. The van der Waals surface area contributed by atoms with Gasteiger partial charge in [0.05, 0.1) is 12.6 Å². The van der Waals surface area contributed by atoms with Gasteiger partial charge in [-0.2, -0.15) is 0 Å². The normalized spacial score (nSPS) is 36.7. The monoisotopic (exact) mass is 203 g/mol. The van der Waals surface area contributed by atoms with Gasteiger partial charge in [-0.3, -0.25) is 0 Å². The molecule has 1 heterocycles. The molecule has 1 aliphatic rings. The molecule has 0 spiro atoms. The van der Waals surface area contributed by atoms with Crippen LogP contribution in [0.4, 0.5) is 4.39 Å². The van der Waals surface area contributed by atoms with Crippen LogP contribution in [0.2, 0.25) is 0 Å². The lowest BCUT2D eigenvalue weighted by Crippen LogP contribution is -2.34. The summed E-state index contributed by atoms with van der Waals surface area (Å²) in [4.78, 5) is 2.47. The van der Waals surface area contributed by atoms with Crippen LogP contribution in [0.3, 0.4) is 0 Å². The number of aliphatic hydroxyl groups excluding tert-OH is 1. The number of azide groups is 1. The Hall–Kier alpha value is -0.815. The molecule has 2 unspecified atom stereocenters. The van der Waals surface area contributed by atoms with E-state index in [0.717, 1.165) is 0 Å². The van der Waals surface area contributed by atoms with Crippen LogP contribution in [0.1, 0.15) is 0 Å². The molecule has 78 valence electrons. The summed E-state index contributed by atoms with van der Waals surface area (Å²) in [5, 5.41) is 12.0. The van der Waals surface area contributed by atoms with Gasteiger partial charge in [0.2, 0.25) is 0 Å². The first-order valence-corrected chi connectivity index (χ1v) is 4.23. The number of aliphatic hydroxyl groups is 1. The fraction of sp³-hybridized carbons (Fsp3) is 1.00. The van der Waals surface area contributed by atoms with Gasteiger partial charge in [-0.15, -0.1) is 0 Å². The van der Waals surface area contributed by atoms with Crippen LogP contribution in [0.5, 0.6) is 0 Å². The first kappa shape index (κ1) is 11.3. The maximum Gasteiger partial charge on any atom is 0.147 e. The van der Waals surface area contributed by atoms with E-state index < -0.39 is 24.4 Å². The highest BCUT2D eigenvalue weighted by Gasteiger charge is 2.42. The molecule has 14 heavy (non-hydrogen) atoms. The Kier molecular flexibility index (Phi) is 4.15. The molecule has 1 rings (SSSR count). The fourth-order valence-electron chi connectivity index (χ4n) is 1.39. The van der Waals surface area contributed by atoms with Crippen LogP contribution in [0.15, 0.2) is 5.11 Å². The summed E-state index contributed by atoms with van der Waals surface area (Å²) in [5.41, 5.74) is 7.99. The lowest BCUT2D eigenvalue weighted by atomic mass is 9.94. The summed E-state index contributed by atoms with van der Waals surface area (Å²) in [5.74, 6) is 0. The number of ether oxygens (including phenoxy) is 2. The average Bonchev–Trinajstić information content (AvgIpc) is 2.45. The molecule has 0 aromatic carbocycles. The van der Waals surface area contributed by atoms with Gasteiger partial charge in [0.25, 0.3) is 0 Å². The van der Waals surface area contributed by atoms with Crippen molar-refractivity contribution in [3.8, 4) is 0 Å². The summed E-state index contributed by atoms with van der Waals surface area (Å²) < 4.78 is 23.4. The molecule has 0 radical (unpaired) electrons. The minimum Gasteiger partial charge on any atom is -0.394 e. The van der Waals surface area contributed by atoms with Crippen molar-refractivity contribution < 1.29 is 19.0 Å². The van der Waals surface area contributed by atoms with Gasteiger partial charge in [-0.05, 0) is 5.53 Å². The van der Waals surface area contributed by atoms with Crippen LogP contribution in [0.25, 0.3) is 10.4 Å². The van der Waals surface area contributed by atoms with E-state index in [1.807, 2.05) is 0 Å². The number of nitrogens with zero attached hydrogens (tertiary/aromatic N) is 3. The van der Waals surface area contributed by atoms with E-state index in [2.05, 4.69) is 10.0 Å². The van der Waals surface area contributed by atoms with Crippen molar-refractivity contribution in [1.29, 1.82) is 0 Å². The molecule has 0 amide bonds. The van der Waals surface area contributed by atoms with Crippen molar-refractivity contribution in [1.82, 2.24) is 0 Å². The molecule has 1 saturated heterocycles. The van der Waals surface area contributed by atoms with Gasteiger partial charge >= 0.3 is 0 Å². The quantitative estimate of drug-likeness (QED) is 0.284. The second-order valence-corrected chi connectivity index (χ2v) is 3.00. The van der Waals surface area contributed by atoms with Gasteiger partial charge in [-0.1, -0.05) is 5.11 Å². The van der Waals surface area contributed by atoms with E-state index in [9.17, 15) is 4.39 Å². The van der Waals surface area contributed by atoms with Gasteiger partial charge in [0, 0.05) is 4.91 Å². The topological polar surface area (TPSA) is 87.5 Å².